The Kier molecular flexibility index (Phi) is 5.85. The minimum Gasteiger partial charge on any atom is -0.313 e. The number of benzene rings is 2. The largest absolute Gasteiger partial charge is 0.313 e. The number of imidazole rings is 1. The lowest BCUT2D eigenvalue weighted by Gasteiger charge is -2.23. The third-order valence-electron chi connectivity index (χ3n) is 6.34. The van der Waals surface area contributed by atoms with Gasteiger partial charge in [0.25, 0.3) is 5.91 Å². The third-order valence-corrected chi connectivity index (χ3v) is 6.34. The van der Waals surface area contributed by atoms with Crippen molar-refractivity contribution in [3.8, 4) is 6.07 Å². The van der Waals surface area contributed by atoms with Gasteiger partial charge in [0.2, 0.25) is 5.95 Å². The Hall–Kier alpha value is -3.46. The van der Waals surface area contributed by atoms with Gasteiger partial charge in [-0.05, 0) is 54.8 Å². The van der Waals surface area contributed by atoms with Crippen molar-refractivity contribution < 1.29 is 9.59 Å². The van der Waals surface area contributed by atoms with E-state index >= 15 is 0 Å². The zero-order valence-corrected chi connectivity index (χ0v) is 17.9. The van der Waals surface area contributed by atoms with Crippen LogP contribution in [0.25, 0.3) is 11.0 Å². The van der Waals surface area contributed by atoms with Gasteiger partial charge in [0.05, 0.1) is 22.7 Å². The van der Waals surface area contributed by atoms with Crippen LogP contribution in [-0.2, 0) is 11.8 Å². The number of ketones is 1. The molecule has 4 rings (SSSR count). The molecule has 1 N–H and O–H groups in total. The average Bonchev–Trinajstić information content (AvgIpc) is 3.13. The van der Waals surface area contributed by atoms with Crippen molar-refractivity contribution >= 4 is 28.7 Å². The molecule has 1 saturated carbocycles. The number of aryl methyl sites for hydroxylation is 1. The van der Waals surface area contributed by atoms with Crippen LogP contribution >= 0.6 is 0 Å². The Balaban J connectivity index is 1.55. The number of anilines is 1. The minimum absolute atomic E-state index is 0.161. The fourth-order valence-electron chi connectivity index (χ4n) is 4.37. The lowest BCUT2D eigenvalue weighted by atomic mass is 9.80. The number of fused-ring (bicyclic) bond motifs is 1. The van der Waals surface area contributed by atoms with Gasteiger partial charge in [-0.2, -0.15) is 5.26 Å². The number of hydrogen-bond acceptors (Lipinski definition) is 4. The van der Waals surface area contributed by atoms with E-state index in [0.717, 1.165) is 42.3 Å². The van der Waals surface area contributed by atoms with E-state index < -0.39 is 0 Å². The van der Waals surface area contributed by atoms with Crippen molar-refractivity contribution in [3.05, 3.63) is 59.2 Å². The van der Waals surface area contributed by atoms with E-state index in [1.54, 1.807) is 24.3 Å². The monoisotopic (exact) mass is 414 g/mol. The van der Waals surface area contributed by atoms with Gasteiger partial charge in [-0.25, -0.2) is 4.98 Å². The van der Waals surface area contributed by atoms with Gasteiger partial charge in [0.1, 0.15) is 5.78 Å². The molecule has 1 fully saturated rings. The highest BCUT2D eigenvalue weighted by atomic mass is 16.1. The fourth-order valence-corrected chi connectivity index (χ4v) is 4.37. The fraction of sp³-hybridized carbons (Fsp3) is 0.360. The van der Waals surface area contributed by atoms with Gasteiger partial charge in [0.15, 0.2) is 0 Å². The normalized spacial score (nSPS) is 15.4. The molecule has 3 aromatic rings. The molecule has 0 radical (unpaired) electrons. The van der Waals surface area contributed by atoms with E-state index in [0.29, 0.717) is 22.9 Å². The molecule has 1 heterocycles. The van der Waals surface area contributed by atoms with Crippen LogP contribution in [-0.4, -0.2) is 21.2 Å². The number of nitrogens with zero attached hydrogens (tertiary/aromatic N) is 3. The van der Waals surface area contributed by atoms with Crippen LogP contribution in [0.3, 0.4) is 0 Å². The van der Waals surface area contributed by atoms with Gasteiger partial charge < -0.3 is 4.57 Å². The molecule has 1 amide bonds. The summed E-state index contributed by atoms with van der Waals surface area (Å²) < 4.78 is 1.83. The van der Waals surface area contributed by atoms with Crippen LogP contribution in [0.4, 0.5) is 5.95 Å². The maximum absolute atomic E-state index is 13.0. The number of rotatable bonds is 5. The summed E-state index contributed by atoms with van der Waals surface area (Å²) in [5, 5.41) is 11.7. The predicted molar refractivity (Wildman–Crippen MR) is 120 cm³/mol. The van der Waals surface area contributed by atoms with Crippen LogP contribution in [0, 0.1) is 17.2 Å². The van der Waals surface area contributed by atoms with E-state index in [2.05, 4.69) is 10.3 Å². The summed E-state index contributed by atoms with van der Waals surface area (Å²) in [5.74, 6) is 0.484. The van der Waals surface area contributed by atoms with Gasteiger partial charge in [-0.3, -0.25) is 14.9 Å². The second-order valence-electron chi connectivity index (χ2n) is 8.34. The summed E-state index contributed by atoms with van der Waals surface area (Å²) in [6, 6.07) is 14.4. The van der Waals surface area contributed by atoms with E-state index in [-0.39, 0.29) is 17.7 Å². The Bertz CT molecular complexity index is 1160. The van der Waals surface area contributed by atoms with E-state index in [9.17, 15) is 9.59 Å². The van der Waals surface area contributed by atoms with Gasteiger partial charge in [0, 0.05) is 24.4 Å². The molecule has 1 atom stereocenters. The first-order valence-electron chi connectivity index (χ1n) is 10.8. The number of carbonyl (C=O) groups excluding carboxylic acids is 2. The molecule has 2 aromatic carbocycles. The Morgan fingerprint density at radius 2 is 1.84 bits per heavy atom. The van der Waals surface area contributed by atoms with Crippen molar-refractivity contribution in [1.29, 1.82) is 5.26 Å². The number of aromatic nitrogens is 2. The van der Waals surface area contributed by atoms with Gasteiger partial charge in [-0.1, -0.05) is 32.3 Å². The SMILES string of the molecule is CC(C(=O)C1CCCCC1)c1ccc2c(c1)nc(NC(=O)c1ccc(C#N)cc1)n2C. The van der Waals surface area contributed by atoms with Gasteiger partial charge >= 0.3 is 0 Å². The molecule has 1 unspecified atom stereocenters. The molecule has 0 spiro atoms. The summed E-state index contributed by atoms with van der Waals surface area (Å²) in [6.07, 6.45) is 5.52. The maximum atomic E-state index is 13.0. The highest BCUT2D eigenvalue weighted by molar-refractivity contribution is 6.04. The zero-order chi connectivity index (χ0) is 22.0. The highest BCUT2D eigenvalue weighted by Crippen LogP contribution is 2.31. The summed E-state index contributed by atoms with van der Waals surface area (Å²) in [4.78, 5) is 30.1. The van der Waals surface area contributed by atoms with Crippen LogP contribution in [0.1, 0.15) is 66.4 Å². The average molecular weight is 415 g/mol. The standard InChI is InChI=1S/C25H26N4O2/c1-16(23(30)18-6-4-3-5-7-18)20-12-13-22-21(14-20)27-25(29(22)2)28-24(31)19-10-8-17(15-26)9-11-19/h8-14,16,18H,3-7H2,1-2H3,(H,27,28,31). The molecule has 158 valence electrons. The smallest absolute Gasteiger partial charge is 0.257 e. The van der Waals surface area contributed by atoms with Crippen LogP contribution in [0.5, 0.6) is 0 Å². The van der Waals surface area contributed by atoms with Crippen LogP contribution < -0.4 is 5.32 Å². The highest BCUT2D eigenvalue weighted by Gasteiger charge is 2.26. The third kappa shape index (κ3) is 4.22. The molecule has 6 heteroatoms. The number of nitriles is 1. The molecule has 1 aliphatic rings. The molecule has 0 aliphatic heterocycles. The first-order valence-corrected chi connectivity index (χ1v) is 10.8. The predicted octanol–water partition coefficient (Wildman–Crippen LogP) is 4.95. The molecular weight excluding hydrogens is 388 g/mol. The minimum atomic E-state index is -0.288. The molecule has 31 heavy (non-hydrogen) atoms. The van der Waals surface area contributed by atoms with E-state index in [1.165, 1.54) is 6.42 Å². The molecule has 0 saturated heterocycles. The van der Waals surface area contributed by atoms with Gasteiger partial charge in [-0.15, -0.1) is 0 Å². The number of carbonyl (C=O) groups is 2. The number of Topliss-reactive ketones (excluding diaryl/α,β-unsaturated/α-hetero) is 1. The number of nitrogens with one attached hydrogen (secondary N) is 1. The second kappa shape index (κ2) is 8.73. The van der Waals surface area contributed by atoms with Crippen LogP contribution in [0.15, 0.2) is 42.5 Å². The molecular formula is C25H26N4O2. The van der Waals surface area contributed by atoms with E-state index in [4.69, 9.17) is 5.26 Å². The first kappa shape index (κ1) is 20.8. The number of amides is 1. The second-order valence-corrected chi connectivity index (χ2v) is 8.34. The number of hydrogen-bond donors (Lipinski definition) is 1. The van der Waals surface area contributed by atoms with Crippen molar-refractivity contribution in [2.24, 2.45) is 13.0 Å². The van der Waals surface area contributed by atoms with Crippen LogP contribution in [0.2, 0.25) is 0 Å². The Morgan fingerprint density at radius 1 is 1.13 bits per heavy atom. The summed E-state index contributed by atoms with van der Waals surface area (Å²) in [5.41, 5.74) is 3.56. The molecule has 6 nitrogen and oxygen atoms in total. The lowest BCUT2D eigenvalue weighted by Crippen LogP contribution is -2.22. The molecule has 0 bridgehead atoms. The molecule has 1 aliphatic carbocycles. The summed E-state index contributed by atoms with van der Waals surface area (Å²) in [7, 11) is 1.85. The Labute approximate surface area is 181 Å². The zero-order valence-electron chi connectivity index (χ0n) is 17.9. The first-order chi connectivity index (χ1) is 15.0. The summed E-state index contributed by atoms with van der Waals surface area (Å²) in [6.45, 7) is 1.98. The maximum Gasteiger partial charge on any atom is 0.257 e. The van der Waals surface area contributed by atoms with Crippen molar-refractivity contribution in [2.45, 2.75) is 44.9 Å². The van der Waals surface area contributed by atoms with Crippen molar-refractivity contribution in [3.63, 3.8) is 0 Å². The van der Waals surface area contributed by atoms with E-state index in [1.807, 2.05) is 42.8 Å². The summed E-state index contributed by atoms with van der Waals surface area (Å²) >= 11 is 0. The lowest BCUT2D eigenvalue weighted by molar-refractivity contribution is -0.124. The topological polar surface area (TPSA) is 87.8 Å². The van der Waals surface area contributed by atoms with Crippen molar-refractivity contribution in [2.75, 3.05) is 5.32 Å². The molecule has 1 aromatic heterocycles. The Morgan fingerprint density at radius 3 is 2.52 bits per heavy atom. The quantitative estimate of drug-likeness (QED) is 0.640. The van der Waals surface area contributed by atoms with Crippen molar-refractivity contribution in [1.82, 2.24) is 9.55 Å².